The summed E-state index contributed by atoms with van der Waals surface area (Å²) in [7, 11) is 0. The first-order chi connectivity index (χ1) is 9.38. The molecule has 1 atom stereocenters. The number of fused-ring (bicyclic) bond motifs is 1. The van der Waals surface area contributed by atoms with Crippen molar-refractivity contribution in [2.24, 2.45) is 5.73 Å². The van der Waals surface area contributed by atoms with Crippen molar-refractivity contribution in [2.75, 3.05) is 13.1 Å². The Hall–Kier alpha value is -1.38. The van der Waals surface area contributed by atoms with Gasteiger partial charge < -0.3 is 5.73 Å². The Kier molecular flexibility index (Phi) is 3.81. The highest BCUT2D eigenvalue weighted by molar-refractivity contribution is 5.85. The SMILES string of the molecule is NCC1CCCCN1Cc1cccc2ccccc12. The lowest BCUT2D eigenvalue weighted by molar-refractivity contribution is 0.145. The third-order valence-electron chi connectivity index (χ3n) is 4.27. The van der Waals surface area contributed by atoms with Gasteiger partial charge in [-0.2, -0.15) is 0 Å². The van der Waals surface area contributed by atoms with Gasteiger partial charge >= 0.3 is 0 Å². The number of benzene rings is 2. The fraction of sp³-hybridized carbons (Fsp3) is 0.412. The summed E-state index contributed by atoms with van der Waals surface area (Å²) in [6.07, 6.45) is 3.89. The molecule has 0 amide bonds. The van der Waals surface area contributed by atoms with Crippen LogP contribution in [-0.2, 0) is 6.54 Å². The van der Waals surface area contributed by atoms with Gasteiger partial charge in [-0.15, -0.1) is 0 Å². The zero-order valence-electron chi connectivity index (χ0n) is 11.4. The molecule has 2 N–H and O–H groups in total. The highest BCUT2D eigenvalue weighted by Crippen LogP contribution is 2.23. The lowest BCUT2D eigenvalue weighted by Gasteiger charge is -2.35. The summed E-state index contributed by atoms with van der Waals surface area (Å²) in [6, 6.07) is 15.8. The molecule has 2 aromatic rings. The van der Waals surface area contributed by atoms with Crippen molar-refractivity contribution in [2.45, 2.75) is 31.8 Å². The predicted octanol–water partition coefficient (Wildman–Crippen LogP) is 3.15. The first-order valence-corrected chi connectivity index (χ1v) is 7.29. The topological polar surface area (TPSA) is 29.3 Å². The van der Waals surface area contributed by atoms with Gasteiger partial charge in [-0.3, -0.25) is 4.90 Å². The van der Waals surface area contributed by atoms with Gasteiger partial charge in [0.1, 0.15) is 0 Å². The molecular formula is C17H22N2. The Bertz CT molecular complexity index is 544. The van der Waals surface area contributed by atoms with E-state index in [4.69, 9.17) is 5.73 Å². The van der Waals surface area contributed by atoms with Gasteiger partial charge in [-0.25, -0.2) is 0 Å². The lowest BCUT2D eigenvalue weighted by Crippen LogP contribution is -2.43. The van der Waals surface area contributed by atoms with Gasteiger partial charge in [0.25, 0.3) is 0 Å². The van der Waals surface area contributed by atoms with E-state index in [1.54, 1.807) is 0 Å². The third-order valence-corrected chi connectivity index (χ3v) is 4.27. The molecule has 100 valence electrons. The second-order valence-electron chi connectivity index (χ2n) is 5.49. The third kappa shape index (κ3) is 2.65. The number of likely N-dealkylation sites (tertiary alicyclic amines) is 1. The normalized spacial score (nSPS) is 20.8. The van der Waals surface area contributed by atoms with E-state index >= 15 is 0 Å². The maximum Gasteiger partial charge on any atom is 0.0243 e. The van der Waals surface area contributed by atoms with Crippen LogP contribution in [0.2, 0.25) is 0 Å². The first-order valence-electron chi connectivity index (χ1n) is 7.29. The minimum absolute atomic E-state index is 0.563. The van der Waals surface area contributed by atoms with Crippen molar-refractivity contribution in [1.29, 1.82) is 0 Å². The van der Waals surface area contributed by atoms with E-state index in [-0.39, 0.29) is 0 Å². The van der Waals surface area contributed by atoms with E-state index in [0.29, 0.717) is 6.04 Å². The molecule has 0 aromatic heterocycles. The summed E-state index contributed by atoms with van der Waals surface area (Å²) < 4.78 is 0. The Morgan fingerprint density at radius 3 is 2.79 bits per heavy atom. The van der Waals surface area contributed by atoms with Crippen molar-refractivity contribution in [3.05, 3.63) is 48.0 Å². The second kappa shape index (κ2) is 5.72. The molecule has 0 radical (unpaired) electrons. The molecule has 2 heteroatoms. The smallest absolute Gasteiger partial charge is 0.0243 e. The van der Waals surface area contributed by atoms with Gasteiger partial charge in [0.15, 0.2) is 0 Å². The fourth-order valence-electron chi connectivity index (χ4n) is 3.18. The second-order valence-corrected chi connectivity index (χ2v) is 5.49. The van der Waals surface area contributed by atoms with Crippen molar-refractivity contribution < 1.29 is 0 Å². The standard InChI is InChI=1S/C17H22N2/c18-12-16-9-3-4-11-19(16)13-15-8-5-7-14-6-1-2-10-17(14)15/h1-2,5-8,10,16H,3-4,9,11-13,18H2. The van der Waals surface area contributed by atoms with Crippen molar-refractivity contribution >= 4 is 10.8 Å². The van der Waals surface area contributed by atoms with Crippen LogP contribution in [0.3, 0.4) is 0 Å². The number of nitrogens with two attached hydrogens (primary N) is 1. The van der Waals surface area contributed by atoms with Crippen LogP contribution in [0, 0.1) is 0 Å². The molecular weight excluding hydrogens is 232 g/mol. The zero-order chi connectivity index (χ0) is 13.1. The molecule has 1 heterocycles. The molecule has 2 aromatic carbocycles. The Labute approximate surface area is 115 Å². The molecule has 1 aliphatic heterocycles. The molecule has 3 rings (SSSR count). The molecule has 1 fully saturated rings. The van der Waals surface area contributed by atoms with Crippen LogP contribution in [0.1, 0.15) is 24.8 Å². The zero-order valence-corrected chi connectivity index (χ0v) is 11.4. The van der Waals surface area contributed by atoms with Crippen LogP contribution in [-0.4, -0.2) is 24.0 Å². The Balaban J connectivity index is 1.88. The quantitative estimate of drug-likeness (QED) is 0.911. The highest BCUT2D eigenvalue weighted by Gasteiger charge is 2.21. The van der Waals surface area contributed by atoms with Crippen LogP contribution >= 0.6 is 0 Å². The molecule has 0 bridgehead atoms. The van der Waals surface area contributed by atoms with Gasteiger partial charge in [0, 0.05) is 19.1 Å². The molecule has 0 spiro atoms. The number of hydrogen-bond donors (Lipinski definition) is 1. The van der Waals surface area contributed by atoms with Crippen LogP contribution in [0.25, 0.3) is 10.8 Å². The molecule has 1 saturated heterocycles. The van der Waals surface area contributed by atoms with Crippen LogP contribution in [0.15, 0.2) is 42.5 Å². The van der Waals surface area contributed by atoms with E-state index in [1.165, 1.54) is 42.1 Å². The summed E-state index contributed by atoms with van der Waals surface area (Å²) in [5.41, 5.74) is 7.35. The van der Waals surface area contributed by atoms with Crippen molar-refractivity contribution in [1.82, 2.24) is 4.90 Å². The minimum atomic E-state index is 0.563. The fourth-order valence-corrected chi connectivity index (χ4v) is 3.18. The molecule has 19 heavy (non-hydrogen) atoms. The summed E-state index contributed by atoms with van der Waals surface area (Å²) >= 11 is 0. The van der Waals surface area contributed by atoms with Gasteiger partial charge in [0.05, 0.1) is 0 Å². The van der Waals surface area contributed by atoms with E-state index in [0.717, 1.165) is 13.1 Å². The lowest BCUT2D eigenvalue weighted by atomic mass is 9.99. The summed E-state index contributed by atoms with van der Waals surface area (Å²) in [4.78, 5) is 2.56. The van der Waals surface area contributed by atoms with Crippen LogP contribution < -0.4 is 5.73 Å². The van der Waals surface area contributed by atoms with E-state index in [2.05, 4.69) is 47.4 Å². The molecule has 0 saturated carbocycles. The number of rotatable bonds is 3. The van der Waals surface area contributed by atoms with Crippen LogP contribution in [0.4, 0.5) is 0 Å². The molecule has 2 nitrogen and oxygen atoms in total. The number of nitrogens with zero attached hydrogens (tertiary/aromatic N) is 1. The average molecular weight is 254 g/mol. The molecule has 0 aliphatic carbocycles. The first kappa shape index (κ1) is 12.6. The van der Waals surface area contributed by atoms with Gasteiger partial charge in [-0.05, 0) is 35.7 Å². The minimum Gasteiger partial charge on any atom is -0.329 e. The average Bonchev–Trinajstić information content (AvgIpc) is 2.48. The van der Waals surface area contributed by atoms with Crippen molar-refractivity contribution in [3.8, 4) is 0 Å². The summed E-state index contributed by atoms with van der Waals surface area (Å²) in [5, 5.41) is 2.72. The summed E-state index contributed by atoms with van der Waals surface area (Å²) in [5.74, 6) is 0. The van der Waals surface area contributed by atoms with Crippen molar-refractivity contribution in [3.63, 3.8) is 0 Å². The molecule has 1 unspecified atom stereocenters. The largest absolute Gasteiger partial charge is 0.329 e. The van der Waals surface area contributed by atoms with Crippen LogP contribution in [0.5, 0.6) is 0 Å². The maximum absolute atomic E-state index is 5.92. The number of piperidine rings is 1. The van der Waals surface area contributed by atoms with E-state index in [9.17, 15) is 0 Å². The van der Waals surface area contributed by atoms with E-state index < -0.39 is 0 Å². The van der Waals surface area contributed by atoms with Gasteiger partial charge in [0.2, 0.25) is 0 Å². The Morgan fingerprint density at radius 2 is 1.89 bits per heavy atom. The Morgan fingerprint density at radius 1 is 1.05 bits per heavy atom. The monoisotopic (exact) mass is 254 g/mol. The number of hydrogen-bond acceptors (Lipinski definition) is 2. The molecule has 1 aliphatic rings. The van der Waals surface area contributed by atoms with Gasteiger partial charge in [-0.1, -0.05) is 48.9 Å². The van der Waals surface area contributed by atoms with E-state index in [1.807, 2.05) is 0 Å². The highest BCUT2D eigenvalue weighted by atomic mass is 15.2. The predicted molar refractivity (Wildman–Crippen MR) is 81.1 cm³/mol. The summed E-state index contributed by atoms with van der Waals surface area (Å²) in [6.45, 7) is 3.00. The maximum atomic E-state index is 5.92.